The zero-order valence-corrected chi connectivity index (χ0v) is 17.5. The van der Waals surface area contributed by atoms with E-state index >= 15 is 0 Å². The van der Waals surface area contributed by atoms with Gasteiger partial charge in [-0.15, -0.1) is 0 Å². The van der Waals surface area contributed by atoms with Crippen LogP contribution in [-0.4, -0.2) is 48.5 Å². The molecule has 0 spiro atoms. The number of carbonyl (C=O) groups excluding carboxylic acids is 1. The Morgan fingerprint density at radius 1 is 1.00 bits per heavy atom. The molecule has 3 aromatic carbocycles. The molecule has 1 N–H and O–H groups in total. The van der Waals surface area contributed by atoms with Gasteiger partial charge in [-0.05, 0) is 41.5 Å². The summed E-state index contributed by atoms with van der Waals surface area (Å²) >= 11 is 0. The summed E-state index contributed by atoms with van der Waals surface area (Å²) in [6, 6.07) is 21.1. The Hall–Kier alpha value is -3.45. The molecular formula is C24H26N4O3. The highest BCUT2D eigenvalue weighted by Crippen LogP contribution is 2.22. The summed E-state index contributed by atoms with van der Waals surface area (Å²) in [5, 5.41) is 16.3. The molecule has 1 unspecified atom stereocenters. The quantitative estimate of drug-likeness (QED) is 0.487. The van der Waals surface area contributed by atoms with Gasteiger partial charge >= 0.3 is 0 Å². The van der Waals surface area contributed by atoms with Crippen molar-refractivity contribution in [3.63, 3.8) is 0 Å². The fourth-order valence-corrected chi connectivity index (χ4v) is 4.00. The van der Waals surface area contributed by atoms with E-state index in [-0.39, 0.29) is 22.6 Å². The molecule has 0 radical (unpaired) electrons. The number of hydrogen-bond acceptors (Lipinski definition) is 5. The fraction of sp³-hybridized carbons (Fsp3) is 0.292. The van der Waals surface area contributed by atoms with Crippen LogP contribution in [0.25, 0.3) is 10.8 Å². The fourth-order valence-electron chi connectivity index (χ4n) is 4.00. The van der Waals surface area contributed by atoms with Gasteiger partial charge in [-0.2, -0.15) is 0 Å². The SMILES string of the molecule is CC(NC(=O)CN1CCN(c2ccc([N+](=O)[O-])cc2)CC1)c1ccc2ccccc2c1. The monoisotopic (exact) mass is 418 g/mol. The molecule has 1 saturated heterocycles. The molecule has 0 aliphatic carbocycles. The summed E-state index contributed by atoms with van der Waals surface area (Å²) in [7, 11) is 0. The van der Waals surface area contributed by atoms with Crippen molar-refractivity contribution in [3.8, 4) is 0 Å². The number of anilines is 1. The van der Waals surface area contributed by atoms with Crippen LogP contribution in [0.15, 0.2) is 66.7 Å². The number of amides is 1. The van der Waals surface area contributed by atoms with Gasteiger partial charge in [-0.1, -0.05) is 36.4 Å². The summed E-state index contributed by atoms with van der Waals surface area (Å²) in [6.07, 6.45) is 0. The Balaban J connectivity index is 1.28. The van der Waals surface area contributed by atoms with Gasteiger partial charge in [0.2, 0.25) is 5.91 Å². The molecule has 160 valence electrons. The van der Waals surface area contributed by atoms with Gasteiger partial charge in [0.25, 0.3) is 5.69 Å². The molecule has 1 fully saturated rings. The lowest BCUT2D eigenvalue weighted by atomic mass is 10.0. The van der Waals surface area contributed by atoms with Gasteiger partial charge in [0.1, 0.15) is 0 Å². The van der Waals surface area contributed by atoms with E-state index in [1.165, 1.54) is 22.9 Å². The minimum Gasteiger partial charge on any atom is -0.369 e. The highest BCUT2D eigenvalue weighted by molar-refractivity contribution is 5.83. The molecule has 7 nitrogen and oxygen atoms in total. The van der Waals surface area contributed by atoms with Crippen LogP contribution in [0.5, 0.6) is 0 Å². The minimum absolute atomic E-state index is 0.0180. The van der Waals surface area contributed by atoms with Crippen molar-refractivity contribution in [1.29, 1.82) is 0 Å². The summed E-state index contributed by atoms with van der Waals surface area (Å²) in [4.78, 5) is 27.3. The van der Waals surface area contributed by atoms with E-state index in [4.69, 9.17) is 0 Å². The molecule has 3 aromatic rings. The van der Waals surface area contributed by atoms with E-state index in [2.05, 4.69) is 45.4 Å². The van der Waals surface area contributed by atoms with Crippen molar-refractivity contribution in [2.45, 2.75) is 13.0 Å². The number of hydrogen-bond donors (Lipinski definition) is 1. The second-order valence-corrected chi connectivity index (χ2v) is 7.93. The molecular weight excluding hydrogens is 392 g/mol. The molecule has 1 amide bonds. The van der Waals surface area contributed by atoms with Crippen LogP contribution in [0, 0.1) is 10.1 Å². The third-order valence-corrected chi connectivity index (χ3v) is 5.82. The molecule has 31 heavy (non-hydrogen) atoms. The van der Waals surface area contributed by atoms with Gasteiger partial charge < -0.3 is 10.2 Å². The second kappa shape index (κ2) is 9.14. The van der Waals surface area contributed by atoms with E-state index < -0.39 is 0 Å². The molecule has 1 aliphatic heterocycles. The number of nitrogens with zero attached hydrogens (tertiary/aromatic N) is 3. The second-order valence-electron chi connectivity index (χ2n) is 7.93. The maximum atomic E-state index is 12.6. The first-order chi connectivity index (χ1) is 15.0. The normalized spacial score (nSPS) is 15.6. The van der Waals surface area contributed by atoms with Crippen molar-refractivity contribution in [3.05, 3.63) is 82.4 Å². The van der Waals surface area contributed by atoms with E-state index in [0.29, 0.717) is 6.54 Å². The smallest absolute Gasteiger partial charge is 0.269 e. The number of nitro benzene ring substituents is 1. The number of nitro groups is 1. The molecule has 0 bridgehead atoms. The topological polar surface area (TPSA) is 78.7 Å². The molecule has 1 aliphatic rings. The average Bonchev–Trinajstić information content (AvgIpc) is 2.79. The highest BCUT2D eigenvalue weighted by atomic mass is 16.6. The molecule has 0 saturated carbocycles. The first-order valence-electron chi connectivity index (χ1n) is 10.5. The third-order valence-electron chi connectivity index (χ3n) is 5.82. The first-order valence-corrected chi connectivity index (χ1v) is 10.5. The predicted molar refractivity (Wildman–Crippen MR) is 122 cm³/mol. The Kier molecular flexibility index (Phi) is 6.13. The lowest BCUT2D eigenvalue weighted by molar-refractivity contribution is -0.384. The van der Waals surface area contributed by atoms with Gasteiger partial charge in [-0.3, -0.25) is 19.8 Å². The lowest BCUT2D eigenvalue weighted by Gasteiger charge is -2.35. The largest absolute Gasteiger partial charge is 0.369 e. The zero-order valence-electron chi connectivity index (χ0n) is 17.5. The molecule has 1 atom stereocenters. The van der Waals surface area contributed by atoms with Gasteiger partial charge in [0, 0.05) is 44.0 Å². The van der Waals surface area contributed by atoms with Gasteiger partial charge in [0.05, 0.1) is 17.5 Å². The van der Waals surface area contributed by atoms with E-state index in [1.54, 1.807) is 12.1 Å². The molecule has 7 heteroatoms. The number of fused-ring (bicyclic) bond motifs is 1. The van der Waals surface area contributed by atoms with Gasteiger partial charge in [-0.25, -0.2) is 0 Å². The highest BCUT2D eigenvalue weighted by Gasteiger charge is 2.20. The number of rotatable bonds is 6. The Bertz CT molecular complexity index is 1080. The Morgan fingerprint density at radius 3 is 2.35 bits per heavy atom. The van der Waals surface area contributed by atoms with Crippen molar-refractivity contribution in [1.82, 2.24) is 10.2 Å². The van der Waals surface area contributed by atoms with Crippen LogP contribution in [0.1, 0.15) is 18.5 Å². The number of benzene rings is 3. The zero-order chi connectivity index (χ0) is 21.8. The Labute approximate surface area is 181 Å². The van der Waals surface area contributed by atoms with E-state index in [9.17, 15) is 14.9 Å². The molecule has 4 rings (SSSR count). The lowest BCUT2D eigenvalue weighted by Crippen LogP contribution is -2.49. The minimum atomic E-state index is -0.390. The van der Waals surface area contributed by atoms with Crippen molar-refractivity contribution in [2.24, 2.45) is 0 Å². The third kappa shape index (κ3) is 5.00. The van der Waals surface area contributed by atoms with E-state index in [0.717, 1.165) is 37.4 Å². The standard InChI is InChI=1S/C24H26N4O3/c1-18(20-7-6-19-4-2-3-5-21(19)16-20)25-24(29)17-26-12-14-27(15-13-26)22-8-10-23(11-9-22)28(30)31/h2-11,16,18H,12-15,17H2,1H3,(H,25,29). The maximum Gasteiger partial charge on any atom is 0.269 e. The summed E-state index contributed by atoms with van der Waals surface area (Å²) in [5.74, 6) is 0.0180. The number of nitrogens with one attached hydrogen (secondary N) is 1. The average molecular weight is 418 g/mol. The maximum absolute atomic E-state index is 12.6. The van der Waals surface area contributed by atoms with Crippen LogP contribution in [0.4, 0.5) is 11.4 Å². The van der Waals surface area contributed by atoms with Crippen LogP contribution < -0.4 is 10.2 Å². The van der Waals surface area contributed by atoms with Crippen LogP contribution in [-0.2, 0) is 4.79 Å². The summed E-state index contributed by atoms with van der Waals surface area (Å²) < 4.78 is 0. The van der Waals surface area contributed by atoms with Crippen LogP contribution in [0.2, 0.25) is 0 Å². The molecule has 0 aromatic heterocycles. The van der Waals surface area contributed by atoms with Crippen LogP contribution >= 0.6 is 0 Å². The predicted octanol–water partition coefficient (Wildman–Crippen LogP) is 3.75. The number of non-ortho nitro benzene ring substituents is 1. The molecule has 1 heterocycles. The van der Waals surface area contributed by atoms with Crippen LogP contribution in [0.3, 0.4) is 0 Å². The number of carbonyl (C=O) groups is 1. The number of piperazine rings is 1. The van der Waals surface area contributed by atoms with Crippen molar-refractivity contribution >= 4 is 28.1 Å². The summed E-state index contributed by atoms with van der Waals surface area (Å²) in [6.45, 7) is 5.49. The Morgan fingerprint density at radius 2 is 1.68 bits per heavy atom. The van der Waals surface area contributed by atoms with Crippen molar-refractivity contribution in [2.75, 3.05) is 37.6 Å². The first kappa shape index (κ1) is 20.8. The van der Waals surface area contributed by atoms with Gasteiger partial charge in [0.15, 0.2) is 0 Å². The van der Waals surface area contributed by atoms with E-state index in [1.807, 2.05) is 19.1 Å². The van der Waals surface area contributed by atoms with Crippen molar-refractivity contribution < 1.29 is 9.72 Å². The summed E-state index contributed by atoms with van der Waals surface area (Å²) in [5.41, 5.74) is 2.16.